The minimum Gasteiger partial charge on any atom is -0.406 e. The third-order valence-corrected chi connectivity index (χ3v) is 4.73. The van der Waals surface area contributed by atoms with E-state index in [-0.39, 0.29) is 11.3 Å². The zero-order valence-corrected chi connectivity index (χ0v) is 15.8. The van der Waals surface area contributed by atoms with Gasteiger partial charge in [0, 0.05) is 11.9 Å². The van der Waals surface area contributed by atoms with Gasteiger partial charge < -0.3 is 4.74 Å². The Bertz CT molecular complexity index is 1220. The monoisotopic (exact) mass is 410 g/mol. The molecule has 3 aromatic carbocycles. The van der Waals surface area contributed by atoms with Gasteiger partial charge in [0.2, 0.25) is 0 Å². The Balaban J connectivity index is 1.61. The maximum absolute atomic E-state index is 12.9. The van der Waals surface area contributed by atoms with Gasteiger partial charge in [0.1, 0.15) is 5.75 Å². The molecule has 0 amide bonds. The molecule has 0 aliphatic carbocycles. The third kappa shape index (κ3) is 4.51. The predicted molar refractivity (Wildman–Crippen MR) is 108 cm³/mol. The lowest BCUT2D eigenvalue weighted by atomic mass is 10.0. The van der Waals surface area contributed by atoms with Crippen LogP contribution in [-0.2, 0) is 13.0 Å². The van der Waals surface area contributed by atoms with Crippen LogP contribution in [0, 0.1) is 0 Å². The van der Waals surface area contributed by atoms with Crippen molar-refractivity contribution in [1.82, 2.24) is 9.78 Å². The minimum atomic E-state index is -4.73. The van der Waals surface area contributed by atoms with Crippen LogP contribution in [0.15, 0.2) is 83.8 Å². The van der Waals surface area contributed by atoms with Crippen molar-refractivity contribution in [3.63, 3.8) is 0 Å². The van der Waals surface area contributed by atoms with Crippen LogP contribution in [0.5, 0.6) is 5.75 Å². The molecule has 0 atom stereocenters. The lowest BCUT2D eigenvalue weighted by molar-refractivity contribution is -0.274. The lowest BCUT2D eigenvalue weighted by Crippen LogP contribution is -2.23. The van der Waals surface area contributed by atoms with Gasteiger partial charge in [-0.15, -0.1) is 13.2 Å². The van der Waals surface area contributed by atoms with E-state index in [1.54, 1.807) is 24.4 Å². The van der Waals surface area contributed by atoms with Crippen molar-refractivity contribution < 1.29 is 17.9 Å². The Kier molecular flexibility index (Phi) is 5.27. The largest absolute Gasteiger partial charge is 0.573 e. The standard InChI is InChI=1S/C23H17F3N2O2/c24-23(25,26)30-20-10-8-17(9-11-20)18-6-7-19-15-27-28(22(29)21(19)14-18)13-12-16-4-2-1-3-5-16/h1-11,14-15H,12-13H2. The molecule has 4 aromatic rings. The van der Waals surface area contributed by atoms with E-state index in [4.69, 9.17) is 0 Å². The average molecular weight is 410 g/mol. The number of hydrogen-bond donors (Lipinski definition) is 0. The van der Waals surface area contributed by atoms with Crippen LogP contribution in [0.1, 0.15) is 5.56 Å². The van der Waals surface area contributed by atoms with Gasteiger partial charge >= 0.3 is 6.36 Å². The molecule has 0 fully saturated rings. The number of ether oxygens (including phenoxy) is 1. The van der Waals surface area contributed by atoms with Crippen molar-refractivity contribution in [2.45, 2.75) is 19.3 Å². The topological polar surface area (TPSA) is 44.1 Å². The maximum Gasteiger partial charge on any atom is 0.573 e. The normalized spacial score (nSPS) is 11.6. The summed E-state index contributed by atoms with van der Waals surface area (Å²) in [6.07, 6.45) is -2.41. The number of alkyl halides is 3. The number of rotatable bonds is 5. The smallest absolute Gasteiger partial charge is 0.406 e. The van der Waals surface area contributed by atoms with E-state index in [2.05, 4.69) is 9.84 Å². The van der Waals surface area contributed by atoms with Crippen molar-refractivity contribution in [3.05, 3.63) is 94.9 Å². The molecule has 152 valence electrons. The molecule has 0 aliphatic rings. The lowest BCUT2D eigenvalue weighted by Gasteiger charge is -2.10. The summed E-state index contributed by atoms with van der Waals surface area (Å²) >= 11 is 0. The number of aromatic nitrogens is 2. The summed E-state index contributed by atoms with van der Waals surface area (Å²) in [6.45, 7) is 0.451. The second-order valence-electron chi connectivity index (χ2n) is 6.78. The van der Waals surface area contributed by atoms with Crippen molar-refractivity contribution in [2.24, 2.45) is 0 Å². The molecule has 0 saturated heterocycles. The third-order valence-electron chi connectivity index (χ3n) is 4.73. The summed E-state index contributed by atoms with van der Waals surface area (Å²) in [5.41, 5.74) is 2.31. The molecule has 0 aliphatic heterocycles. The molecule has 0 N–H and O–H groups in total. The molecule has 1 heterocycles. The van der Waals surface area contributed by atoms with E-state index in [1.807, 2.05) is 30.3 Å². The number of fused-ring (bicyclic) bond motifs is 1. The summed E-state index contributed by atoms with van der Waals surface area (Å²) < 4.78 is 42.3. The molecular weight excluding hydrogens is 393 g/mol. The van der Waals surface area contributed by atoms with Crippen LogP contribution in [0.2, 0.25) is 0 Å². The molecule has 0 unspecified atom stereocenters. The van der Waals surface area contributed by atoms with Crippen molar-refractivity contribution >= 4 is 10.8 Å². The van der Waals surface area contributed by atoms with E-state index >= 15 is 0 Å². The van der Waals surface area contributed by atoms with Crippen LogP contribution in [0.3, 0.4) is 0 Å². The molecule has 0 bridgehead atoms. The zero-order chi connectivity index (χ0) is 21.1. The molecule has 1 aromatic heterocycles. The summed E-state index contributed by atoms with van der Waals surface area (Å²) in [5, 5.41) is 5.46. The number of hydrogen-bond acceptors (Lipinski definition) is 3. The first-order chi connectivity index (χ1) is 14.4. The summed E-state index contributed by atoms with van der Waals surface area (Å²) in [4.78, 5) is 12.9. The Morgan fingerprint density at radius 1 is 0.900 bits per heavy atom. The number of nitrogens with zero attached hydrogens (tertiary/aromatic N) is 2. The number of aryl methyl sites for hydroxylation is 2. The molecule has 0 spiro atoms. The predicted octanol–water partition coefficient (Wildman–Crippen LogP) is 5.20. The van der Waals surface area contributed by atoms with Gasteiger partial charge in [0.05, 0.1) is 11.6 Å². The number of benzene rings is 3. The van der Waals surface area contributed by atoms with Gasteiger partial charge in [-0.05, 0) is 41.3 Å². The Morgan fingerprint density at radius 2 is 1.60 bits per heavy atom. The van der Waals surface area contributed by atoms with Gasteiger partial charge in [-0.25, -0.2) is 4.68 Å². The summed E-state index contributed by atoms with van der Waals surface area (Å²) in [5.74, 6) is -0.292. The van der Waals surface area contributed by atoms with Gasteiger partial charge in [0.15, 0.2) is 0 Å². The fraction of sp³-hybridized carbons (Fsp3) is 0.130. The molecule has 7 heteroatoms. The molecule has 0 radical (unpaired) electrons. The van der Waals surface area contributed by atoms with Crippen molar-refractivity contribution in [2.75, 3.05) is 0 Å². The number of halogens is 3. The van der Waals surface area contributed by atoms with Crippen LogP contribution < -0.4 is 10.3 Å². The van der Waals surface area contributed by atoms with E-state index in [1.165, 1.54) is 28.9 Å². The van der Waals surface area contributed by atoms with Crippen molar-refractivity contribution in [3.8, 4) is 16.9 Å². The quantitative estimate of drug-likeness (QED) is 0.454. The van der Waals surface area contributed by atoms with E-state index in [0.717, 1.165) is 11.1 Å². The van der Waals surface area contributed by atoms with E-state index in [0.29, 0.717) is 29.3 Å². The zero-order valence-electron chi connectivity index (χ0n) is 15.8. The van der Waals surface area contributed by atoms with Crippen LogP contribution in [-0.4, -0.2) is 16.1 Å². The molecule has 4 nitrogen and oxygen atoms in total. The first kappa shape index (κ1) is 19.7. The Hall–Kier alpha value is -3.61. The minimum absolute atomic E-state index is 0.206. The first-order valence-corrected chi connectivity index (χ1v) is 9.29. The summed E-state index contributed by atoms with van der Waals surface area (Å²) in [7, 11) is 0. The fourth-order valence-electron chi connectivity index (χ4n) is 3.25. The SMILES string of the molecule is O=c1c2cc(-c3ccc(OC(F)(F)F)cc3)ccc2cnn1CCc1ccccc1. The van der Waals surface area contributed by atoms with Gasteiger partial charge in [-0.3, -0.25) is 4.79 Å². The molecular formula is C23H17F3N2O2. The average Bonchev–Trinajstić information content (AvgIpc) is 2.73. The highest BCUT2D eigenvalue weighted by Gasteiger charge is 2.30. The van der Waals surface area contributed by atoms with E-state index < -0.39 is 6.36 Å². The first-order valence-electron chi connectivity index (χ1n) is 9.29. The van der Waals surface area contributed by atoms with Crippen LogP contribution in [0.4, 0.5) is 13.2 Å². The highest BCUT2D eigenvalue weighted by molar-refractivity contribution is 5.86. The van der Waals surface area contributed by atoms with E-state index in [9.17, 15) is 18.0 Å². The Morgan fingerprint density at radius 3 is 2.30 bits per heavy atom. The molecule has 30 heavy (non-hydrogen) atoms. The second kappa shape index (κ2) is 8.02. The van der Waals surface area contributed by atoms with Crippen molar-refractivity contribution in [1.29, 1.82) is 0 Å². The van der Waals surface area contributed by atoms with Crippen LogP contribution in [0.25, 0.3) is 21.9 Å². The molecule has 4 rings (SSSR count). The van der Waals surface area contributed by atoms with Gasteiger partial charge in [0.25, 0.3) is 5.56 Å². The van der Waals surface area contributed by atoms with Crippen LogP contribution >= 0.6 is 0 Å². The fourth-order valence-corrected chi connectivity index (χ4v) is 3.25. The molecule has 0 saturated carbocycles. The summed E-state index contributed by atoms with van der Waals surface area (Å²) in [6, 6.07) is 20.7. The van der Waals surface area contributed by atoms with Gasteiger partial charge in [-0.2, -0.15) is 5.10 Å². The highest BCUT2D eigenvalue weighted by atomic mass is 19.4. The van der Waals surface area contributed by atoms with Gasteiger partial charge in [-0.1, -0.05) is 54.6 Å². The Labute approximate surface area is 170 Å². The maximum atomic E-state index is 12.9. The second-order valence-corrected chi connectivity index (χ2v) is 6.78. The highest BCUT2D eigenvalue weighted by Crippen LogP contribution is 2.27.